The minimum Gasteiger partial charge on any atom is -0.392 e. The standard InChI is InChI=1S/C14H14ClNO3S/c1-10-2-3-11(9-17)8-14(10)16-20(18,19)13-6-4-12(15)5-7-13/h2-8,16-17H,9H2,1H3. The fourth-order valence-corrected chi connectivity index (χ4v) is 2.94. The second-order valence-electron chi connectivity index (χ2n) is 4.37. The van der Waals surface area contributed by atoms with E-state index in [2.05, 4.69) is 4.72 Å². The quantitative estimate of drug-likeness (QED) is 0.912. The van der Waals surface area contributed by atoms with Crippen molar-refractivity contribution < 1.29 is 13.5 Å². The van der Waals surface area contributed by atoms with Crippen molar-refractivity contribution in [3.63, 3.8) is 0 Å². The summed E-state index contributed by atoms with van der Waals surface area (Å²) < 4.78 is 27.0. The summed E-state index contributed by atoms with van der Waals surface area (Å²) in [6.07, 6.45) is 0. The first-order valence-electron chi connectivity index (χ1n) is 5.91. The van der Waals surface area contributed by atoms with E-state index < -0.39 is 10.0 Å². The number of halogens is 1. The third-order valence-corrected chi connectivity index (χ3v) is 4.49. The molecule has 0 aliphatic heterocycles. The Labute approximate surface area is 123 Å². The molecule has 0 spiro atoms. The summed E-state index contributed by atoms with van der Waals surface area (Å²) in [7, 11) is -3.67. The monoisotopic (exact) mass is 311 g/mol. The number of aliphatic hydroxyl groups excluding tert-OH is 1. The van der Waals surface area contributed by atoms with Crippen LogP contribution >= 0.6 is 11.6 Å². The van der Waals surface area contributed by atoms with Crippen molar-refractivity contribution in [2.45, 2.75) is 18.4 Å². The second-order valence-corrected chi connectivity index (χ2v) is 6.49. The van der Waals surface area contributed by atoms with Crippen LogP contribution in [-0.4, -0.2) is 13.5 Å². The summed E-state index contributed by atoms with van der Waals surface area (Å²) in [5.41, 5.74) is 1.87. The lowest BCUT2D eigenvalue weighted by Crippen LogP contribution is -2.13. The molecule has 0 aromatic heterocycles. The third-order valence-electron chi connectivity index (χ3n) is 2.85. The van der Waals surface area contributed by atoms with Gasteiger partial charge in [-0.3, -0.25) is 4.72 Å². The minimum absolute atomic E-state index is 0.135. The summed E-state index contributed by atoms with van der Waals surface area (Å²) in [5, 5.41) is 9.58. The average molecular weight is 312 g/mol. The van der Waals surface area contributed by atoms with Crippen molar-refractivity contribution in [2.75, 3.05) is 4.72 Å². The molecule has 4 nitrogen and oxygen atoms in total. The molecule has 106 valence electrons. The van der Waals surface area contributed by atoms with E-state index in [1.807, 2.05) is 0 Å². The second kappa shape index (κ2) is 5.83. The van der Waals surface area contributed by atoms with E-state index in [1.54, 1.807) is 25.1 Å². The summed E-state index contributed by atoms with van der Waals surface area (Å²) in [6.45, 7) is 1.65. The van der Waals surface area contributed by atoms with Crippen LogP contribution in [0.2, 0.25) is 5.02 Å². The molecule has 0 bridgehead atoms. The number of aliphatic hydroxyl groups is 1. The summed E-state index contributed by atoms with van der Waals surface area (Å²) in [6, 6.07) is 11.0. The van der Waals surface area contributed by atoms with Crippen LogP contribution in [0.25, 0.3) is 0 Å². The number of sulfonamides is 1. The first-order valence-corrected chi connectivity index (χ1v) is 7.77. The summed E-state index contributed by atoms with van der Waals surface area (Å²) >= 11 is 5.74. The largest absolute Gasteiger partial charge is 0.392 e. The zero-order valence-corrected chi connectivity index (χ0v) is 12.4. The van der Waals surface area contributed by atoms with Gasteiger partial charge in [0, 0.05) is 5.02 Å². The molecule has 0 amide bonds. The van der Waals surface area contributed by atoms with Gasteiger partial charge in [-0.15, -0.1) is 0 Å². The van der Waals surface area contributed by atoms with Gasteiger partial charge in [-0.2, -0.15) is 0 Å². The minimum atomic E-state index is -3.67. The summed E-state index contributed by atoms with van der Waals surface area (Å²) in [4.78, 5) is 0.135. The Bertz CT molecular complexity index is 712. The Morgan fingerprint density at radius 2 is 1.80 bits per heavy atom. The van der Waals surface area contributed by atoms with Gasteiger partial charge in [0.1, 0.15) is 0 Å². The number of rotatable bonds is 4. The van der Waals surface area contributed by atoms with Gasteiger partial charge in [0.05, 0.1) is 17.2 Å². The van der Waals surface area contributed by atoms with E-state index in [0.717, 1.165) is 5.56 Å². The Morgan fingerprint density at radius 3 is 2.40 bits per heavy atom. The molecule has 0 atom stereocenters. The van der Waals surface area contributed by atoms with Gasteiger partial charge >= 0.3 is 0 Å². The fourth-order valence-electron chi connectivity index (χ4n) is 1.69. The van der Waals surface area contributed by atoms with Crippen molar-refractivity contribution in [3.8, 4) is 0 Å². The van der Waals surface area contributed by atoms with Gasteiger partial charge in [-0.25, -0.2) is 8.42 Å². The molecule has 0 aliphatic rings. The molecule has 0 saturated heterocycles. The smallest absolute Gasteiger partial charge is 0.261 e. The topological polar surface area (TPSA) is 66.4 Å². The van der Waals surface area contributed by atoms with Crippen LogP contribution in [0.1, 0.15) is 11.1 Å². The van der Waals surface area contributed by atoms with Crippen molar-refractivity contribution >= 4 is 27.3 Å². The Balaban J connectivity index is 2.35. The highest BCUT2D eigenvalue weighted by molar-refractivity contribution is 7.92. The number of hydrogen-bond acceptors (Lipinski definition) is 3. The Hall–Kier alpha value is -1.56. The molecule has 6 heteroatoms. The van der Waals surface area contributed by atoms with Gasteiger partial charge in [0.25, 0.3) is 10.0 Å². The van der Waals surface area contributed by atoms with Gasteiger partial charge < -0.3 is 5.11 Å². The van der Waals surface area contributed by atoms with Crippen LogP contribution in [0.4, 0.5) is 5.69 Å². The first-order chi connectivity index (χ1) is 9.42. The van der Waals surface area contributed by atoms with Crippen molar-refractivity contribution in [1.29, 1.82) is 0 Å². The van der Waals surface area contributed by atoms with Crippen LogP contribution in [0.3, 0.4) is 0 Å². The lowest BCUT2D eigenvalue weighted by atomic mass is 10.1. The number of benzene rings is 2. The van der Waals surface area contributed by atoms with Gasteiger partial charge in [-0.05, 0) is 48.4 Å². The van der Waals surface area contributed by atoms with E-state index in [0.29, 0.717) is 16.3 Å². The molecular weight excluding hydrogens is 298 g/mol. The molecule has 0 aliphatic carbocycles. The van der Waals surface area contributed by atoms with E-state index in [4.69, 9.17) is 16.7 Å². The van der Waals surface area contributed by atoms with Gasteiger partial charge in [0.2, 0.25) is 0 Å². The lowest BCUT2D eigenvalue weighted by molar-refractivity contribution is 0.282. The maximum Gasteiger partial charge on any atom is 0.261 e. The normalized spacial score (nSPS) is 11.3. The molecule has 0 fully saturated rings. The number of nitrogens with one attached hydrogen (secondary N) is 1. The van der Waals surface area contributed by atoms with E-state index in [9.17, 15) is 8.42 Å². The highest BCUT2D eigenvalue weighted by Gasteiger charge is 2.15. The van der Waals surface area contributed by atoms with Crippen LogP contribution in [0.15, 0.2) is 47.4 Å². The number of hydrogen-bond donors (Lipinski definition) is 2. The van der Waals surface area contributed by atoms with Crippen LogP contribution in [0.5, 0.6) is 0 Å². The Kier molecular flexibility index (Phi) is 4.32. The fraction of sp³-hybridized carbons (Fsp3) is 0.143. The molecule has 0 saturated carbocycles. The highest BCUT2D eigenvalue weighted by atomic mass is 35.5. The van der Waals surface area contributed by atoms with Crippen LogP contribution < -0.4 is 4.72 Å². The highest BCUT2D eigenvalue weighted by Crippen LogP contribution is 2.22. The molecule has 20 heavy (non-hydrogen) atoms. The van der Waals surface area contributed by atoms with E-state index in [-0.39, 0.29) is 11.5 Å². The van der Waals surface area contributed by atoms with Crippen LogP contribution in [0, 0.1) is 6.92 Å². The SMILES string of the molecule is Cc1ccc(CO)cc1NS(=O)(=O)c1ccc(Cl)cc1. The predicted molar refractivity (Wildman–Crippen MR) is 79.4 cm³/mol. The van der Waals surface area contributed by atoms with E-state index >= 15 is 0 Å². The number of aryl methyl sites for hydroxylation is 1. The molecule has 2 aromatic carbocycles. The van der Waals surface area contributed by atoms with Crippen molar-refractivity contribution in [3.05, 3.63) is 58.6 Å². The maximum absolute atomic E-state index is 12.2. The number of anilines is 1. The molecule has 2 N–H and O–H groups in total. The molecule has 2 rings (SSSR count). The predicted octanol–water partition coefficient (Wildman–Crippen LogP) is 2.94. The van der Waals surface area contributed by atoms with E-state index in [1.165, 1.54) is 24.3 Å². The molecule has 0 heterocycles. The molecular formula is C14H14ClNO3S. The molecule has 2 aromatic rings. The molecule has 0 unspecified atom stereocenters. The zero-order chi connectivity index (χ0) is 14.8. The Morgan fingerprint density at radius 1 is 1.15 bits per heavy atom. The first kappa shape index (κ1) is 14.8. The van der Waals surface area contributed by atoms with Crippen molar-refractivity contribution in [2.24, 2.45) is 0 Å². The zero-order valence-electron chi connectivity index (χ0n) is 10.8. The summed E-state index contributed by atoms with van der Waals surface area (Å²) in [5.74, 6) is 0. The molecule has 0 radical (unpaired) electrons. The lowest BCUT2D eigenvalue weighted by Gasteiger charge is -2.11. The van der Waals surface area contributed by atoms with Crippen molar-refractivity contribution in [1.82, 2.24) is 0 Å². The van der Waals surface area contributed by atoms with Gasteiger partial charge in [-0.1, -0.05) is 23.7 Å². The third kappa shape index (κ3) is 3.30. The van der Waals surface area contributed by atoms with Gasteiger partial charge in [0.15, 0.2) is 0 Å². The maximum atomic E-state index is 12.2. The van der Waals surface area contributed by atoms with Crippen LogP contribution in [-0.2, 0) is 16.6 Å². The average Bonchev–Trinajstić information content (AvgIpc) is 2.41.